The fourth-order valence-corrected chi connectivity index (χ4v) is 2.77. The third-order valence-electron chi connectivity index (χ3n) is 4.11. The van der Waals surface area contributed by atoms with Crippen molar-refractivity contribution in [2.45, 2.75) is 39.1 Å². The predicted octanol–water partition coefficient (Wildman–Crippen LogP) is 3.16. The molecule has 2 atom stereocenters. The van der Waals surface area contributed by atoms with E-state index in [4.69, 9.17) is 0 Å². The summed E-state index contributed by atoms with van der Waals surface area (Å²) in [5.74, 6) is -1.14. The van der Waals surface area contributed by atoms with Crippen molar-refractivity contribution in [1.82, 2.24) is 4.90 Å². The van der Waals surface area contributed by atoms with Crippen LogP contribution in [0.25, 0.3) is 0 Å². The third kappa shape index (κ3) is 4.91. The summed E-state index contributed by atoms with van der Waals surface area (Å²) in [5, 5.41) is 20.2. The number of aliphatic hydroxyl groups is 1. The number of hydrogen-bond donors (Lipinski definition) is 2. The van der Waals surface area contributed by atoms with E-state index >= 15 is 0 Å². The van der Waals surface area contributed by atoms with Gasteiger partial charge in [0.1, 0.15) is 6.04 Å². The zero-order chi connectivity index (χ0) is 17.5. The Hall–Kier alpha value is -2.17. The lowest BCUT2D eigenvalue weighted by Gasteiger charge is -2.33. The monoisotopic (exact) mass is 327 g/mol. The summed E-state index contributed by atoms with van der Waals surface area (Å²) < 4.78 is 0. The largest absolute Gasteiger partial charge is 0.480 e. The molecule has 0 amide bonds. The molecule has 0 fully saturated rings. The first-order chi connectivity index (χ1) is 11.5. The van der Waals surface area contributed by atoms with Crippen LogP contribution < -0.4 is 0 Å². The molecule has 0 heterocycles. The zero-order valence-corrected chi connectivity index (χ0v) is 14.2. The fraction of sp³-hybridized carbons (Fsp3) is 0.350. The maximum atomic E-state index is 11.9. The Bertz CT molecular complexity index is 586. The van der Waals surface area contributed by atoms with Crippen LogP contribution in [0.1, 0.15) is 25.0 Å². The Balaban J connectivity index is 2.30. The summed E-state index contributed by atoms with van der Waals surface area (Å²) in [6.45, 7) is 4.61. The van der Waals surface area contributed by atoms with Gasteiger partial charge in [-0.15, -0.1) is 0 Å². The van der Waals surface area contributed by atoms with Gasteiger partial charge in [0, 0.05) is 13.1 Å². The van der Waals surface area contributed by atoms with E-state index in [1.54, 1.807) is 0 Å². The number of carbonyl (C=O) groups is 1. The van der Waals surface area contributed by atoms with E-state index in [2.05, 4.69) is 0 Å². The lowest BCUT2D eigenvalue weighted by molar-refractivity contribution is -0.150. The molecule has 4 heteroatoms. The predicted molar refractivity (Wildman–Crippen MR) is 94.4 cm³/mol. The van der Waals surface area contributed by atoms with Gasteiger partial charge in [-0.05, 0) is 17.0 Å². The normalized spacial score (nSPS) is 13.9. The number of rotatable bonds is 8. The van der Waals surface area contributed by atoms with Gasteiger partial charge in [-0.2, -0.15) is 0 Å². The van der Waals surface area contributed by atoms with Gasteiger partial charge in [-0.1, -0.05) is 74.5 Å². The number of carboxylic acids is 1. The van der Waals surface area contributed by atoms with Gasteiger partial charge in [-0.25, -0.2) is 0 Å². The highest BCUT2D eigenvalue weighted by Gasteiger charge is 2.34. The van der Waals surface area contributed by atoms with Crippen molar-refractivity contribution >= 4 is 5.97 Å². The van der Waals surface area contributed by atoms with Gasteiger partial charge in [0.2, 0.25) is 0 Å². The number of nitrogens with zero attached hydrogens (tertiary/aromatic N) is 1. The maximum Gasteiger partial charge on any atom is 0.323 e. The molecule has 0 saturated heterocycles. The zero-order valence-electron chi connectivity index (χ0n) is 14.2. The molecule has 0 aliphatic heterocycles. The Labute approximate surface area is 143 Å². The van der Waals surface area contributed by atoms with Crippen molar-refractivity contribution in [3.63, 3.8) is 0 Å². The molecule has 0 saturated carbocycles. The van der Waals surface area contributed by atoms with Crippen molar-refractivity contribution in [3.8, 4) is 0 Å². The lowest BCUT2D eigenvalue weighted by atomic mass is 9.97. The van der Waals surface area contributed by atoms with Gasteiger partial charge in [-0.3, -0.25) is 9.69 Å². The molecule has 0 unspecified atom stereocenters. The molecule has 2 N–H and O–H groups in total. The summed E-state index contributed by atoms with van der Waals surface area (Å²) in [6, 6.07) is 18.5. The first-order valence-electron chi connectivity index (χ1n) is 8.22. The second kappa shape index (κ2) is 8.62. The Morgan fingerprint density at radius 3 is 1.67 bits per heavy atom. The number of aliphatic carboxylic acids is 1. The van der Waals surface area contributed by atoms with Crippen molar-refractivity contribution in [1.29, 1.82) is 0 Å². The quantitative estimate of drug-likeness (QED) is 0.782. The van der Waals surface area contributed by atoms with E-state index in [-0.39, 0.29) is 5.92 Å². The van der Waals surface area contributed by atoms with Crippen LogP contribution in [0.15, 0.2) is 60.7 Å². The lowest BCUT2D eigenvalue weighted by Crippen LogP contribution is -2.50. The Morgan fingerprint density at radius 1 is 0.917 bits per heavy atom. The molecule has 0 bridgehead atoms. The van der Waals surface area contributed by atoms with Crippen molar-refractivity contribution in [2.24, 2.45) is 5.92 Å². The van der Waals surface area contributed by atoms with Crippen LogP contribution in [0.4, 0.5) is 0 Å². The van der Waals surface area contributed by atoms with E-state index in [9.17, 15) is 15.0 Å². The summed E-state index contributed by atoms with van der Waals surface area (Å²) in [4.78, 5) is 13.7. The summed E-state index contributed by atoms with van der Waals surface area (Å²) >= 11 is 0. The fourth-order valence-electron chi connectivity index (χ4n) is 2.77. The first kappa shape index (κ1) is 18.2. The smallest absolute Gasteiger partial charge is 0.323 e. The second-order valence-electron chi connectivity index (χ2n) is 6.39. The Kier molecular flexibility index (Phi) is 6.53. The summed E-state index contributed by atoms with van der Waals surface area (Å²) in [7, 11) is 0. The van der Waals surface area contributed by atoms with E-state index in [0.717, 1.165) is 11.1 Å². The van der Waals surface area contributed by atoms with Crippen LogP contribution in [0.3, 0.4) is 0 Å². The second-order valence-corrected chi connectivity index (χ2v) is 6.39. The van der Waals surface area contributed by atoms with E-state index in [1.165, 1.54) is 0 Å². The topological polar surface area (TPSA) is 60.8 Å². The molecule has 2 aromatic carbocycles. The number of aliphatic hydroxyl groups excluding tert-OH is 1. The Morgan fingerprint density at radius 2 is 1.33 bits per heavy atom. The van der Waals surface area contributed by atoms with Crippen LogP contribution in [-0.2, 0) is 17.9 Å². The van der Waals surface area contributed by atoms with Gasteiger partial charge < -0.3 is 10.2 Å². The molecule has 0 aromatic heterocycles. The minimum absolute atomic E-state index is 0.139. The van der Waals surface area contributed by atoms with Crippen LogP contribution in [0.2, 0.25) is 0 Å². The number of carboxylic acid groups (broad SMARTS) is 1. The van der Waals surface area contributed by atoms with Gasteiger partial charge in [0.25, 0.3) is 0 Å². The van der Waals surface area contributed by atoms with Crippen LogP contribution in [0.5, 0.6) is 0 Å². The first-order valence-corrected chi connectivity index (χ1v) is 8.22. The van der Waals surface area contributed by atoms with Crippen LogP contribution in [0, 0.1) is 5.92 Å². The van der Waals surface area contributed by atoms with Crippen molar-refractivity contribution in [3.05, 3.63) is 71.8 Å². The minimum atomic E-state index is -0.997. The van der Waals surface area contributed by atoms with Gasteiger partial charge in [0.05, 0.1) is 6.10 Å². The molecule has 128 valence electrons. The number of benzene rings is 2. The SMILES string of the molecule is CC(C)[C@@H](O)[C@@H](C(=O)O)N(Cc1ccccc1)Cc1ccccc1. The molecule has 0 spiro atoms. The summed E-state index contributed by atoms with van der Waals surface area (Å²) in [6.07, 6.45) is -0.935. The molecule has 24 heavy (non-hydrogen) atoms. The van der Waals surface area contributed by atoms with Crippen LogP contribution in [-0.4, -0.2) is 33.2 Å². The third-order valence-corrected chi connectivity index (χ3v) is 4.11. The molecule has 0 aliphatic rings. The van der Waals surface area contributed by atoms with E-state index in [0.29, 0.717) is 13.1 Å². The van der Waals surface area contributed by atoms with Gasteiger partial charge in [0.15, 0.2) is 0 Å². The van der Waals surface area contributed by atoms with E-state index < -0.39 is 18.1 Å². The molecule has 0 aliphatic carbocycles. The van der Waals surface area contributed by atoms with Gasteiger partial charge >= 0.3 is 5.97 Å². The molecular formula is C20H25NO3. The molecular weight excluding hydrogens is 302 g/mol. The summed E-state index contributed by atoms with van der Waals surface area (Å²) in [5.41, 5.74) is 2.05. The van der Waals surface area contributed by atoms with Crippen LogP contribution >= 0.6 is 0 Å². The van der Waals surface area contributed by atoms with Crippen molar-refractivity contribution < 1.29 is 15.0 Å². The maximum absolute atomic E-state index is 11.9. The molecule has 2 aromatic rings. The molecule has 0 radical (unpaired) electrons. The highest BCUT2D eigenvalue weighted by atomic mass is 16.4. The highest BCUT2D eigenvalue weighted by molar-refractivity contribution is 5.74. The highest BCUT2D eigenvalue weighted by Crippen LogP contribution is 2.19. The average Bonchev–Trinajstić information content (AvgIpc) is 2.56. The minimum Gasteiger partial charge on any atom is -0.480 e. The standard InChI is InChI=1S/C20H25NO3/c1-15(2)19(22)18(20(23)24)21(13-16-9-5-3-6-10-16)14-17-11-7-4-8-12-17/h3-12,15,18-19,22H,13-14H2,1-2H3,(H,23,24)/t18-,19+/m0/s1. The average molecular weight is 327 g/mol. The number of hydrogen-bond acceptors (Lipinski definition) is 3. The molecule has 2 rings (SSSR count). The van der Waals surface area contributed by atoms with E-state index in [1.807, 2.05) is 79.4 Å². The van der Waals surface area contributed by atoms with Crippen molar-refractivity contribution in [2.75, 3.05) is 0 Å². The molecule has 4 nitrogen and oxygen atoms in total.